The van der Waals surface area contributed by atoms with E-state index in [-0.39, 0.29) is 17.3 Å². The van der Waals surface area contributed by atoms with Gasteiger partial charge in [0.15, 0.2) is 0 Å². The molecule has 0 amide bonds. The Labute approximate surface area is 106 Å². The molecule has 0 radical (unpaired) electrons. The van der Waals surface area contributed by atoms with Gasteiger partial charge in [-0.3, -0.25) is 0 Å². The molecule has 0 aliphatic heterocycles. The number of thioether (sulfide) groups is 1. The first-order chi connectivity index (χ1) is 8.04. The van der Waals surface area contributed by atoms with Gasteiger partial charge in [0, 0.05) is 11.0 Å². The van der Waals surface area contributed by atoms with Gasteiger partial charge in [-0.25, -0.2) is 4.79 Å². The quantitative estimate of drug-likeness (QED) is 0.820. The minimum Gasteiger partial charge on any atom is -0.465 e. The summed E-state index contributed by atoms with van der Waals surface area (Å²) in [6.45, 7) is 3.77. The molecule has 3 nitrogen and oxygen atoms in total. The highest BCUT2D eigenvalue weighted by Gasteiger charge is 2.10. The number of carbonyl (C=O) groups is 1. The van der Waals surface area contributed by atoms with Crippen LogP contribution in [-0.4, -0.2) is 29.5 Å². The van der Waals surface area contributed by atoms with Crippen molar-refractivity contribution < 1.29 is 14.6 Å². The summed E-state index contributed by atoms with van der Waals surface area (Å²) in [6.07, 6.45) is -0.330. The number of esters is 1. The van der Waals surface area contributed by atoms with E-state index in [1.54, 1.807) is 24.8 Å². The minimum atomic E-state index is -0.330. The fourth-order valence-electron chi connectivity index (χ4n) is 1.27. The van der Waals surface area contributed by atoms with Gasteiger partial charge in [-0.15, -0.1) is 0 Å². The highest BCUT2D eigenvalue weighted by molar-refractivity contribution is 7.99. The summed E-state index contributed by atoms with van der Waals surface area (Å²) in [5.74, 6) is 0.456. The largest absolute Gasteiger partial charge is 0.465 e. The maximum atomic E-state index is 11.3. The van der Waals surface area contributed by atoms with Crippen molar-refractivity contribution in [2.75, 3.05) is 7.11 Å². The average molecular weight is 254 g/mol. The van der Waals surface area contributed by atoms with Crippen molar-refractivity contribution in [3.05, 3.63) is 35.4 Å². The van der Waals surface area contributed by atoms with Gasteiger partial charge >= 0.3 is 5.97 Å². The number of carbonyl (C=O) groups excluding carboxylic acids is 1. The van der Waals surface area contributed by atoms with E-state index >= 15 is 0 Å². The summed E-state index contributed by atoms with van der Waals surface area (Å²) in [5.41, 5.74) is 1.63. The van der Waals surface area contributed by atoms with Gasteiger partial charge in [0.1, 0.15) is 0 Å². The van der Waals surface area contributed by atoms with E-state index in [1.807, 2.05) is 25.1 Å². The van der Waals surface area contributed by atoms with Crippen LogP contribution in [0.4, 0.5) is 0 Å². The van der Waals surface area contributed by atoms with Crippen molar-refractivity contribution in [3.8, 4) is 0 Å². The third kappa shape index (κ3) is 4.40. The van der Waals surface area contributed by atoms with Gasteiger partial charge in [0.2, 0.25) is 0 Å². The Bertz CT molecular complexity index is 377. The highest BCUT2D eigenvalue weighted by Crippen LogP contribution is 2.20. The molecule has 17 heavy (non-hydrogen) atoms. The molecule has 94 valence electrons. The van der Waals surface area contributed by atoms with Crippen LogP contribution < -0.4 is 0 Å². The van der Waals surface area contributed by atoms with Crippen molar-refractivity contribution in [3.63, 3.8) is 0 Å². The Morgan fingerprint density at radius 2 is 2.18 bits per heavy atom. The summed E-state index contributed by atoms with van der Waals surface area (Å²) in [6, 6.07) is 7.37. The lowest BCUT2D eigenvalue weighted by molar-refractivity contribution is 0.0600. The molecule has 0 spiro atoms. The van der Waals surface area contributed by atoms with Crippen molar-refractivity contribution in [1.82, 2.24) is 0 Å². The van der Waals surface area contributed by atoms with Crippen LogP contribution in [0.25, 0.3) is 0 Å². The monoisotopic (exact) mass is 254 g/mol. The van der Waals surface area contributed by atoms with E-state index in [2.05, 4.69) is 4.74 Å². The SMILES string of the molecule is COC(=O)c1cccc(CSC(C)C(C)O)c1. The Morgan fingerprint density at radius 1 is 1.47 bits per heavy atom. The summed E-state index contributed by atoms with van der Waals surface area (Å²) in [4.78, 5) is 11.3. The molecule has 0 aromatic heterocycles. The highest BCUT2D eigenvalue weighted by atomic mass is 32.2. The van der Waals surface area contributed by atoms with Crippen LogP contribution in [0.5, 0.6) is 0 Å². The normalized spacial score (nSPS) is 14.1. The molecule has 0 fully saturated rings. The number of aliphatic hydroxyl groups excluding tert-OH is 1. The van der Waals surface area contributed by atoms with Crippen LogP contribution >= 0.6 is 11.8 Å². The number of hydrogen-bond donors (Lipinski definition) is 1. The number of benzene rings is 1. The second-order valence-corrected chi connectivity index (χ2v) is 5.31. The predicted molar refractivity (Wildman–Crippen MR) is 70.2 cm³/mol. The summed E-state index contributed by atoms with van der Waals surface area (Å²) >= 11 is 1.66. The standard InChI is InChI=1S/C13H18O3S/c1-9(14)10(2)17-8-11-5-4-6-12(7-11)13(15)16-3/h4-7,9-10,14H,8H2,1-3H3. The molecule has 1 rings (SSSR count). The van der Waals surface area contributed by atoms with E-state index in [9.17, 15) is 9.90 Å². The fraction of sp³-hybridized carbons (Fsp3) is 0.462. The first-order valence-electron chi connectivity index (χ1n) is 5.51. The molecule has 1 aromatic carbocycles. The smallest absolute Gasteiger partial charge is 0.337 e. The Morgan fingerprint density at radius 3 is 2.76 bits per heavy atom. The number of aliphatic hydroxyl groups is 1. The lowest BCUT2D eigenvalue weighted by atomic mass is 10.1. The Balaban J connectivity index is 2.63. The molecule has 0 saturated heterocycles. The lowest BCUT2D eigenvalue weighted by Gasteiger charge is -2.14. The van der Waals surface area contributed by atoms with E-state index in [0.29, 0.717) is 5.56 Å². The molecule has 0 bridgehead atoms. The van der Waals surface area contributed by atoms with Crippen LogP contribution in [0.1, 0.15) is 29.8 Å². The molecule has 4 heteroatoms. The molecule has 0 saturated carbocycles. The predicted octanol–water partition coefficient (Wildman–Crippen LogP) is 2.48. The van der Waals surface area contributed by atoms with Crippen molar-refractivity contribution in [2.24, 2.45) is 0 Å². The van der Waals surface area contributed by atoms with E-state index in [0.717, 1.165) is 11.3 Å². The van der Waals surface area contributed by atoms with Crippen LogP contribution in [0.3, 0.4) is 0 Å². The zero-order valence-corrected chi connectivity index (χ0v) is 11.2. The van der Waals surface area contributed by atoms with Gasteiger partial charge in [0.05, 0.1) is 18.8 Å². The molecule has 2 unspecified atom stereocenters. The van der Waals surface area contributed by atoms with E-state index in [1.165, 1.54) is 7.11 Å². The zero-order valence-electron chi connectivity index (χ0n) is 10.3. The molecular weight excluding hydrogens is 236 g/mol. The summed E-state index contributed by atoms with van der Waals surface area (Å²) in [5, 5.41) is 9.56. The first-order valence-corrected chi connectivity index (χ1v) is 6.56. The molecule has 0 aliphatic rings. The van der Waals surface area contributed by atoms with Gasteiger partial charge < -0.3 is 9.84 Å². The fourth-order valence-corrected chi connectivity index (χ4v) is 2.19. The maximum Gasteiger partial charge on any atom is 0.337 e. The average Bonchev–Trinajstić information content (AvgIpc) is 2.35. The third-order valence-corrected chi connectivity index (χ3v) is 3.96. The zero-order chi connectivity index (χ0) is 12.8. The minimum absolute atomic E-state index is 0.178. The van der Waals surface area contributed by atoms with Crippen LogP contribution in [-0.2, 0) is 10.5 Å². The van der Waals surface area contributed by atoms with Gasteiger partial charge in [-0.05, 0) is 24.6 Å². The maximum absolute atomic E-state index is 11.3. The second-order valence-electron chi connectivity index (χ2n) is 3.95. The molecular formula is C13H18O3S. The number of hydrogen-bond acceptors (Lipinski definition) is 4. The number of rotatable bonds is 5. The van der Waals surface area contributed by atoms with Crippen molar-refractivity contribution in [2.45, 2.75) is 31.0 Å². The Hall–Kier alpha value is -1.00. The molecule has 1 aromatic rings. The lowest BCUT2D eigenvalue weighted by Crippen LogP contribution is -2.15. The van der Waals surface area contributed by atoms with Crippen molar-refractivity contribution >= 4 is 17.7 Å². The van der Waals surface area contributed by atoms with E-state index in [4.69, 9.17) is 0 Å². The number of ether oxygens (including phenoxy) is 1. The van der Waals surface area contributed by atoms with E-state index < -0.39 is 0 Å². The van der Waals surface area contributed by atoms with Gasteiger partial charge in [-0.2, -0.15) is 11.8 Å². The third-order valence-electron chi connectivity index (χ3n) is 2.54. The summed E-state index contributed by atoms with van der Waals surface area (Å²) < 4.78 is 4.67. The second kappa shape index (κ2) is 6.67. The Kier molecular flexibility index (Phi) is 5.51. The van der Waals surface area contributed by atoms with Crippen LogP contribution in [0.2, 0.25) is 0 Å². The summed E-state index contributed by atoms with van der Waals surface area (Å²) in [7, 11) is 1.37. The molecule has 1 N–H and O–H groups in total. The molecule has 0 aliphatic carbocycles. The molecule has 2 atom stereocenters. The first kappa shape index (κ1) is 14.1. The van der Waals surface area contributed by atoms with Crippen LogP contribution in [0, 0.1) is 0 Å². The van der Waals surface area contributed by atoms with Crippen molar-refractivity contribution in [1.29, 1.82) is 0 Å². The molecule has 0 heterocycles. The van der Waals surface area contributed by atoms with Gasteiger partial charge in [0.25, 0.3) is 0 Å². The topological polar surface area (TPSA) is 46.5 Å². The van der Waals surface area contributed by atoms with Crippen LogP contribution in [0.15, 0.2) is 24.3 Å². The van der Waals surface area contributed by atoms with Gasteiger partial charge in [-0.1, -0.05) is 19.1 Å². The number of methoxy groups -OCH3 is 1.